The van der Waals surface area contributed by atoms with E-state index in [2.05, 4.69) is 27.3 Å². The van der Waals surface area contributed by atoms with E-state index in [-0.39, 0.29) is 11.5 Å². The number of rotatable bonds is 7. The van der Waals surface area contributed by atoms with Crippen LogP contribution in [0.15, 0.2) is 16.6 Å². The molecule has 1 rings (SSSR count). The molecule has 0 radical (unpaired) electrons. The summed E-state index contributed by atoms with van der Waals surface area (Å²) < 4.78 is 15.9. The van der Waals surface area contributed by atoms with Crippen LogP contribution in [-0.2, 0) is 9.53 Å². The molecule has 1 aromatic carbocycles. The number of hydrogen-bond donors (Lipinski definition) is 1. The maximum atomic E-state index is 12.2. The van der Waals surface area contributed by atoms with Crippen molar-refractivity contribution in [1.29, 1.82) is 5.26 Å². The number of carbonyl (C=O) groups is 2. The minimum Gasteiger partial charge on any atom is -0.495 e. The molecule has 136 valence electrons. The minimum absolute atomic E-state index is 0.0999. The molecule has 0 saturated heterocycles. The maximum Gasteiger partial charge on any atom is 0.338 e. The van der Waals surface area contributed by atoms with Crippen LogP contribution in [0.1, 0.15) is 31.1 Å². The Hall–Kier alpha value is -2.27. The average molecular weight is 413 g/mol. The second-order valence-electron chi connectivity index (χ2n) is 5.79. The maximum absolute atomic E-state index is 12.2. The largest absolute Gasteiger partial charge is 0.495 e. The summed E-state index contributed by atoms with van der Waals surface area (Å²) >= 11 is 3.30. The Labute approximate surface area is 155 Å². The molecule has 0 aliphatic carbocycles. The monoisotopic (exact) mass is 412 g/mol. The van der Waals surface area contributed by atoms with Crippen molar-refractivity contribution in [2.45, 2.75) is 26.3 Å². The van der Waals surface area contributed by atoms with Crippen LogP contribution in [0.4, 0.5) is 0 Å². The van der Waals surface area contributed by atoms with Crippen molar-refractivity contribution in [3.05, 3.63) is 22.2 Å². The number of nitriles is 1. The second kappa shape index (κ2) is 8.72. The van der Waals surface area contributed by atoms with Gasteiger partial charge in [0.25, 0.3) is 5.91 Å². The van der Waals surface area contributed by atoms with Gasteiger partial charge in [-0.3, -0.25) is 4.79 Å². The van der Waals surface area contributed by atoms with Crippen molar-refractivity contribution in [2.24, 2.45) is 5.92 Å². The summed E-state index contributed by atoms with van der Waals surface area (Å²) in [6.07, 6.45) is 0. The smallest absolute Gasteiger partial charge is 0.338 e. The van der Waals surface area contributed by atoms with E-state index in [1.54, 1.807) is 6.92 Å². The van der Waals surface area contributed by atoms with Gasteiger partial charge in [-0.1, -0.05) is 13.8 Å². The molecule has 1 amide bonds. The molecule has 1 aromatic rings. The van der Waals surface area contributed by atoms with Crippen molar-refractivity contribution in [3.63, 3.8) is 0 Å². The molecule has 1 N–H and O–H groups in total. The van der Waals surface area contributed by atoms with Crippen molar-refractivity contribution in [3.8, 4) is 17.6 Å². The second-order valence-corrected chi connectivity index (χ2v) is 6.58. The van der Waals surface area contributed by atoms with Crippen molar-refractivity contribution < 1.29 is 23.8 Å². The lowest BCUT2D eigenvalue weighted by Crippen LogP contribution is -2.50. The fourth-order valence-electron chi connectivity index (χ4n) is 1.83. The van der Waals surface area contributed by atoms with E-state index in [1.807, 2.05) is 13.8 Å². The Morgan fingerprint density at radius 3 is 2.20 bits per heavy atom. The zero-order valence-corrected chi connectivity index (χ0v) is 16.4. The summed E-state index contributed by atoms with van der Waals surface area (Å²) in [7, 11) is 2.91. The first-order valence-electron chi connectivity index (χ1n) is 7.49. The van der Waals surface area contributed by atoms with Crippen molar-refractivity contribution in [1.82, 2.24) is 5.32 Å². The normalized spacial score (nSPS) is 12.7. The zero-order chi connectivity index (χ0) is 19.2. The third-order valence-corrected chi connectivity index (χ3v) is 4.58. The molecule has 0 unspecified atom stereocenters. The lowest BCUT2D eigenvalue weighted by atomic mass is 9.90. The number of halogens is 1. The number of carbonyl (C=O) groups excluding carboxylic acids is 2. The molecule has 25 heavy (non-hydrogen) atoms. The number of nitrogens with zero attached hydrogens (tertiary/aromatic N) is 1. The van der Waals surface area contributed by atoms with Gasteiger partial charge in [-0.05, 0) is 40.9 Å². The van der Waals surface area contributed by atoms with Gasteiger partial charge in [-0.2, -0.15) is 5.26 Å². The van der Waals surface area contributed by atoms with Crippen LogP contribution in [0.2, 0.25) is 0 Å². The molecule has 8 heteroatoms. The summed E-state index contributed by atoms with van der Waals surface area (Å²) in [5.41, 5.74) is -0.857. The van der Waals surface area contributed by atoms with E-state index < -0.39 is 24.0 Å². The highest BCUT2D eigenvalue weighted by atomic mass is 79.9. The van der Waals surface area contributed by atoms with Gasteiger partial charge in [0.15, 0.2) is 6.61 Å². The molecule has 0 spiro atoms. The average Bonchev–Trinajstić information content (AvgIpc) is 2.59. The predicted molar refractivity (Wildman–Crippen MR) is 94.5 cm³/mol. The Morgan fingerprint density at radius 2 is 1.80 bits per heavy atom. The highest BCUT2D eigenvalue weighted by Gasteiger charge is 2.30. The molecule has 0 aliphatic heterocycles. The highest BCUT2D eigenvalue weighted by molar-refractivity contribution is 9.10. The Morgan fingerprint density at radius 1 is 1.28 bits per heavy atom. The van der Waals surface area contributed by atoms with Gasteiger partial charge in [0.05, 0.1) is 25.9 Å². The minimum atomic E-state index is -1.03. The van der Waals surface area contributed by atoms with E-state index in [1.165, 1.54) is 26.4 Å². The van der Waals surface area contributed by atoms with Gasteiger partial charge in [0.1, 0.15) is 21.5 Å². The van der Waals surface area contributed by atoms with Gasteiger partial charge in [0.2, 0.25) is 0 Å². The van der Waals surface area contributed by atoms with Crippen molar-refractivity contribution in [2.75, 3.05) is 20.8 Å². The van der Waals surface area contributed by atoms with Crippen LogP contribution in [0.3, 0.4) is 0 Å². The van der Waals surface area contributed by atoms with E-state index in [0.717, 1.165) is 0 Å². The summed E-state index contributed by atoms with van der Waals surface area (Å²) in [6, 6.07) is 5.00. The Bertz CT molecular complexity index is 674. The van der Waals surface area contributed by atoms with Crippen LogP contribution in [0, 0.1) is 17.2 Å². The van der Waals surface area contributed by atoms with E-state index in [4.69, 9.17) is 14.2 Å². The first-order chi connectivity index (χ1) is 11.7. The van der Waals surface area contributed by atoms with Crippen LogP contribution in [0.25, 0.3) is 0 Å². The molecule has 0 fully saturated rings. The molecule has 0 aliphatic rings. The third-order valence-electron chi connectivity index (χ3n) is 3.80. The Kier molecular flexibility index (Phi) is 7.24. The molecular weight excluding hydrogens is 392 g/mol. The number of methoxy groups -OCH3 is 2. The molecule has 0 bridgehead atoms. The topological polar surface area (TPSA) is 97.6 Å². The van der Waals surface area contributed by atoms with Crippen LogP contribution in [-0.4, -0.2) is 38.2 Å². The van der Waals surface area contributed by atoms with Gasteiger partial charge < -0.3 is 19.5 Å². The Balaban J connectivity index is 2.81. The molecule has 7 nitrogen and oxygen atoms in total. The number of nitrogens with one attached hydrogen (secondary N) is 1. The fourth-order valence-corrected chi connectivity index (χ4v) is 2.38. The first kappa shape index (κ1) is 20.8. The third kappa shape index (κ3) is 5.10. The number of amides is 1. The predicted octanol–water partition coefficient (Wildman–Crippen LogP) is 2.68. The van der Waals surface area contributed by atoms with Crippen LogP contribution < -0.4 is 14.8 Å². The SMILES string of the molecule is COc1cc(C(=O)OCC(=O)N[C@](C)(C#N)C(C)C)cc(OC)c1Br. The lowest BCUT2D eigenvalue weighted by Gasteiger charge is -2.27. The summed E-state index contributed by atoms with van der Waals surface area (Å²) in [4.78, 5) is 24.1. The number of esters is 1. The van der Waals surface area contributed by atoms with Gasteiger partial charge in [0, 0.05) is 0 Å². The first-order valence-corrected chi connectivity index (χ1v) is 8.28. The number of benzene rings is 1. The molecule has 0 heterocycles. The van der Waals surface area contributed by atoms with Crippen LogP contribution >= 0.6 is 15.9 Å². The fraction of sp³-hybridized carbons (Fsp3) is 0.471. The zero-order valence-electron chi connectivity index (χ0n) is 14.8. The number of hydrogen-bond acceptors (Lipinski definition) is 6. The van der Waals surface area contributed by atoms with Gasteiger partial charge in [-0.15, -0.1) is 0 Å². The molecule has 1 atom stereocenters. The molecule has 0 aromatic heterocycles. The van der Waals surface area contributed by atoms with E-state index in [0.29, 0.717) is 16.0 Å². The summed E-state index contributed by atoms with van der Waals surface area (Å²) in [5.74, 6) is -0.568. The molecule has 0 saturated carbocycles. The van der Waals surface area contributed by atoms with Gasteiger partial charge in [-0.25, -0.2) is 4.79 Å². The van der Waals surface area contributed by atoms with Gasteiger partial charge >= 0.3 is 5.97 Å². The lowest BCUT2D eigenvalue weighted by molar-refractivity contribution is -0.125. The number of ether oxygens (including phenoxy) is 3. The van der Waals surface area contributed by atoms with E-state index in [9.17, 15) is 14.9 Å². The summed E-state index contributed by atoms with van der Waals surface area (Å²) in [6.45, 7) is 4.75. The quantitative estimate of drug-likeness (QED) is 0.691. The standard InChI is InChI=1S/C17H21BrN2O5/c1-10(2)17(3,9-19)20-14(21)8-25-16(22)11-6-12(23-4)15(18)13(7-11)24-5/h6-7,10H,8H2,1-5H3,(H,20,21)/t17-/m1/s1. The summed E-state index contributed by atoms with van der Waals surface area (Å²) in [5, 5.41) is 11.8. The highest BCUT2D eigenvalue weighted by Crippen LogP contribution is 2.35. The van der Waals surface area contributed by atoms with E-state index >= 15 is 0 Å². The van der Waals surface area contributed by atoms with Crippen LogP contribution in [0.5, 0.6) is 11.5 Å². The van der Waals surface area contributed by atoms with Crippen molar-refractivity contribution >= 4 is 27.8 Å². The molecular formula is C17H21BrN2O5.